The van der Waals surface area contributed by atoms with Crippen LogP contribution in [-0.2, 0) is 9.59 Å². The van der Waals surface area contributed by atoms with Crippen LogP contribution in [0.4, 0.5) is 0 Å². The maximum absolute atomic E-state index is 11.8. The second-order valence-corrected chi connectivity index (χ2v) is 4.08. The number of hydrogen-bond donors (Lipinski definition) is 1. The summed E-state index contributed by atoms with van der Waals surface area (Å²) in [7, 11) is 0. The van der Waals surface area contributed by atoms with Crippen molar-refractivity contribution < 1.29 is 9.59 Å². The first-order valence-corrected chi connectivity index (χ1v) is 5.53. The highest BCUT2D eigenvalue weighted by atomic mass is 35.5. The first-order chi connectivity index (χ1) is 7.27. The third kappa shape index (κ3) is 3.09. The highest BCUT2D eigenvalue weighted by Crippen LogP contribution is 2.08. The van der Waals surface area contributed by atoms with Crippen molar-refractivity contribution in [2.45, 2.75) is 12.8 Å². The number of carbonyl (C=O) groups is 2. The Morgan fingerprint density at radius 2 is 1.94 bits per heavy atom. The molecule has 0 aromatic rings. The Hall–Kier alpha value is -0.810. The minimum atomic E-state index is 0. The van der Waals surface area contributed by atoms with E-state index in [1.54, 1.807) is 4.90 Å². The fraction of sp³-hybridized carbons (Fsp3) is 0.800. The predicted molar refractivity (Wildman–Crippen MR) is 62.5 cm³/mol. The van der Waals surface area contributed by atoms with Crippen molar-refractivity contribution in [2.75, 3.05) is 39.3 Å². The first-order valence-electron chi connectivity index (χ1n) is 5.53. The summed E-state index contributed by atoms with van der Waals surface area (Å²) in [4.78, 5) is 26.7. The number of piperazine rings is 1. The van der Waals surface area contributed by atoms with Crippen LogP contribution in [0, 0.1) is 0 Å². The van der Waals surface area contributed by atoms with Gasteiger partial charge in [-0.1, -0.05) is 0 Å². The molecule has 0 saturated carbocycles. The normalized spacial score (nSPS) is 20.9. The van der Waals surface area contributed by atoms with Crippen molar-refractivity contribution >= 4 is 24.2 Å². The topological polar surface area (TPSA) is 52.7 Å². The van der Waals surface area contributed by atoms with Crippen molar-refractivity contribution in [1.82, 2.24) is 15.1 Å². The van der Waals surface area contributed by atoms with Gasteiger partial charge in [-0.3, -0.25) is 9.59 Å². The molecular formula is C10H18ClN3O2. The van der Waals surface area contributed by atoms with E-state index in [0.29, 0.717) is 13.1 Å². The van der Waals surface area contributed by atoms with Gasteiger partial charge in [0.15, 0.2) is 0 Å². The SMILES string of the molecule is Cl.O=C(CN1CCNCC1=O)N1CCCC1. The Balaban J connectivity index is 0.00000128. The third-order valence-corrected chi connectivity index (χ3v) is 2.97. The van der Waals surface area contributed by atoms with E-state index in [9.17, 15) is 9.59 Å². The molecule has 2 rings (SSSR count). The maximum atomic E-state index is 11.8. The molecule has 0 bridgehead atoms. The van der Waals surface area contributed by atoms with Crippen LogP contribution in [0.25, 0.3) is 0 Å². The minimum absolute atomic E-state index is 0. The summed E-state index contributed by atoms with van der Waals surface area (Å²) in [6.07, 6.45) is 2.20. The molecule has 2 amide bonds. The van der Waals surface area contributed by atoms with Crippen LogP contribution < -0.4 is 5.32 Å². The molecule has 0 atom stereocenters. The number of carbonyl (C=O) groups excluding carboxylic acids is 2. The summed E-state index contributed by atoms with van der Waals surface area (Å²) < 4.78 is 0. The molecule has 2 saturated heterocycles. The zero-order valence-electron chi connectivity index (χ0n) is 9.28. The van der Waals surface area contributed by atoms with Gasteiger partial charge >= 0.3 is 0 Å². The van der Waals surface area contributed by atoms with Gasteiger partial charge in [-0.15, -0.1) is 12.4 Å². The third-order valence-electron chi connectivity index (χ3n) is 2.97. The Kier molecular flexibility index (Phi) is 5.02. The Bertz CT molecular complexity index is 267. The molecule has 1 N–H and O–H groups in total. The van der Waals surface area contributed by atoms with Crippen molar-refractivity contribution in [1.29, 1.82) is 0 Å². The summed E-state index contributed by atoms with van der Waals surface area (Å²) in [5, 5.41) is 2.99. The zero-order chi connectivity index (χ0) is 10.7. The molecule has 0 aliphatic carbocycles. The second-order valence-electron chi connectivity index (χ2n) is 4.08. The molecular weight excluding hydrogens is 230 g/mol. The summed E-state index contributed by atoms with van der Waals surface area (Å²) in [5.41, 5.74) is 0. The van der Waals surface area contributed by atoms with Gasteiger partial charge in [-0.2, -0.15) is 0 Å². The van der Waals surface area contributed by atoms with Crippen LogP contribution in [0.1, 0.15) is 12.8 Å². The Labute approximate surface area is 102 Å². The van der Waals surface area contributed by atoms with Gasteiger partial charge in [-0.05, 0) is 12.8 Å². The highest BCUT2D eigenvalue weighted by Gasteiger charge is 2.24. The number of nitrogens with one attached hydrogen (secondary N) is 1. The van der Waals surface area contributed by atoms with E-state index in [2.05, 4.69) is 5.32 Å². The predicted octanol–water partition coefficient (Wildman–Crippen LogP) is -0.538. The molecule has 0 spiro atoms. The smallest absolute Gasteiger partial charge is 0.242 e. The van der Waals surface area contributed by atoms with Crippen LogP contribution in [0.5, 0.6) is 0 Å². The van der Waals surface area contributed by atoms with Crippen molar-refractivity contribution in [2.24, 2.45) is 0 Å². The standard InChI is InChI=1S/C10H17N3O2.ClH/c14-9-7-11-3-6-13(9)8-10(15)12-4-1-2-5-12;/h11H,1-8H2;1H. The average molecular weight is 248 g/mol. The molecule has 0 radical (unpaired) electrons. The van der Waals surface area contributed by atoms with Crippen LogP contribution in [-0.4, -0.2) is 60.9 Å². The van der Waals surface area contributed by atoms with Gasteiger partial charge in [-0.25, -0.2) is 0 Å². The average Bonchev–Trinajstić information content (AvgIpc) is 2.74. The lowest BCUT2D eigenvalue weighted by Gasteiger charge is -2.28. The maximum Gasteiger partial charge on any atom is 0.242 e. The summed E-state index contributed by atoms with van der Waals surface area (Å²) in [6, 6.07) is 0. The molecule has 0 aromatic carbocycles. The minimum Gasteiger partial charge on any atom is -0.341 e. The zero-order valence-corrected chi connectivity index (χ0v) is 10.1. The Morgan fingerprint density at radius 1 is 1.25 bits per heavy atom. The number of halogens is 1. The lowest BCUT2D eigenvalue weighted by atomic mass is 10.3. The van der Waals surface area contributed by atoms with Crippen LogP contribution in [0.3, 0.4) is 0 Å². The molecule has 2 aliphatic rings. The fourth-order valence-electron chi connectivity index (χ4n) is 2.04. The van der Waals surface area contributed by atoms with Crippen molar-refractivity contribution in [3.8, 4) is 0 Å². The molecule has 92 valence electrons. The molecule has 5 nitrogen and oxygen atoms in total. The van der Waals surface area contributed by atoms with E-state index < -0.39 is 0 Å². The summed E-state index contributed by atoms with van der Waals surface area (Å²) >= 11 is 0. The number of rotatable bonds is 2. The van der Waals surface area contributed by atoms with E-state index in [1.807, 2.05) is 4.90 Å². The molecule has 16 heavy (non-hydrogen) atoms. The lowest BCUT2D eigenvalue weighted by molar-refractivity contribution is -0.140. The highest BCUT2D eigenvalue weighted by molar-refractivity contribution is 5.86. The van der Waals surface area contributed by atoms with Crippen LogP contribution >= 0.6 is 12.4 Å². The quantitative estimate of drug-likeness (QED) is 0.713. The number of likely N-dealkylation sites (tertiary alicyclic amines) is 1. The van der Waals surface area contributed by atoms with E-state index in [1.165, 1.54) is 0 Å². The summed E-state index contributed by atoms with van der Waals surface area (Å²) in [6.45, 7) is 3.80. The van der Waals surface area contributed by atoms with Gasteiger partial charge in [0.1, 0.15) is 0 Å². The molecule has 0 aromatic heterocycles. The number of nitrogens with zero attached hydrogens (tertiary/aromatic N) is 2. The van der Waals surface area contributed by atoms with E-state index >= 15 is 0 Å². The van der Waals surface area contributed by atoms with E-state index in [0.717, 1.165) is 32.5 Å². The fourth-order valence-corrected chi connectivity index (χ4v) is 2.04. The van der Waals surface area contributed by atoms with Gasteiger partial charge in [0.05, 0.1) is 13.1 Å². The van der Waals surface area contributed by atoms with Gasteiger partial charge in [0, 0.05) is 26.2 Å². The molecule has 2 heterocycles. The van der Waals surface area contributed by atoms with Crippen molar-refractivity contribution in [3.05, 3.63) is 0 Å². The van der Waals surface area contributed by atoms with E-state index in [-0.39, 0.29) is 30.8 Å². The number of amides is 2. The Morgan fingerprint density at radius 3 is 2.56 bits per heavy atom. The van der Waals surface area contributed by atoms with E-state index in [4.69, 9.17) is 0 Å². The molecule has 6 heteroatoms. The van der Waals surface area contributed by atoms with Crippen LogP contribution in [0.15, 0.2) is 0 Å². The second kappa shape index (κ2) is 6.06. The monoisotopic (exact) mass is 247 g/mol. The first kappa shape index (κ1) is 13.3. The number of hydrogen-bond acceptors (Lipinski definition) is 3. The van der Waals surface area contributed by atoms with Gasteiger partial charge < -0.3 is 15.1 Å². The lowest BCUT2D eigenvalue weighted by Crippen LogP contribution is -2.51. The molecule has 2 fully saturated rings. The largest absolute Gasteiger partial charge is 0.341 e. The van der Waals surface area contributed by atoms with Gasteiger partial charge in [0.2, 0.25) is 11.8 Å². The van der Waals surface area contributed by atoms with Gasteiger partial charge in [0.25, 0.3) is 0 Å². The molecule has 2 aliphatic heterocycles. The summed E-state index contributed by atoms with van der Waals surface area (Å²) in [5.74, 6) is 0.136. The molecule has 0 unspecified atom stereocenters. The van der Waals surface area contributed by atoms with Crippen LogP contribution in [0.2, 0.25) is 0 Å². The van der Waals surface area contributed by atoms with Crippen molar-refractivity contribution in [3.63, 3.8) is 0 Å².